The van der Waals surface area contributed by atoms with Gasteiger partial charge in [-0.3, -0.25) is 4.90 Å². The van der Waals surface area contributed by atoms with E-state index in [-0.39, 0.29) is 17.7 Å². The lowest BCUT2D eigenvalue weighted by molar-refractivity contribution is -0.135. The topological polar surface area (TPSA) is 65.1 Å². The summed E-state index contributed by atoms with van der Waals surface area (Å²) in [4.78, 5) is 27.2. The van der Waals surface area contributed by atoms with Crippen LogP contribution in [0.25, 0.3) is 0 Å². The van der Waals surface area contributed by atoms with Gasteiger partial charge in [0, 0.05) is 6.42 Å². The van der Waals surface area contributed by atoms with Gasteiger partial charge < -0.3 is 13.9 Å². The number of carbonyl (C=O) groups excluding carboxylic acids is 2. The number of nitrogens with zero attached hydrogens (tertiary/aromatic N) is 1. The zero-order valence-electron chi connectivity index (χ0n) is 17.6. The lowest BCUT2D eigenvalue weighted by Gasteiger charge is -2.44. The summed E-state index contributed by atoms with van der Waals surface area (Å²) in [5.74, 6) is 0.279. The number of hydrogen-bond donors (Lipinski definition) is 0. The Labute approximate surface area is 162 Å². The number of carbonyl (C=O) groups is 2. The van der Waals surface area contributed by atoms with E-state index in [1.807, 2.05) is 32.9 Å². The molecule has 27 heavy (non-hydrogen) atoms. The first-order valence-corrected chi connectivity index (χ1v) is 12.4. The standard InChI is InChI=1S/C20H31NO5Si/c1-18(2,3)25-17(23)21-13-9-10-20(21)12-24-16(22)15(20)14(11-13)26-27(7,8)19(4,5)6/h9-10,13H,11-12H2,1-8H3/t13-,20-/m0/s1. The lowest BCUT2D eigenvalue weighted by Crippen LogP contribution is -2.57. The first-order chi connectivity index (χ1) is 12.2. The predicted octanol–water partition coefficient (Wildman–Crippen LogP) is 4.14. The maximum atomic E-state index is 12.9. The summed E-state index contributed by atoms with van der Waals surface area (Å²) in [6.45, 7) is 16.4. The second-order valence-corrected chi connectivity index (χ2v) is 14.9. The average Bonchev–Trinajstić information content (AvgIpc) is 2.93. The van der Waals surface area contributed by atoms with Gasteiger partial charge in [0.15, 0.2) is 0 Å². The van der Waals surface area contributed by atoms with Crippen molar-refractivity contribution in [1.82, 2.24) is 4.90 Å². The van der Waals surface area contributed by atoms with Crippen LogP contribution >= 0.6 is 0 Å². The van der Waals surface area contributed by atoms with Crippen molar-refractivity contribution in [2.24, 2.45) is 0 Å². The molecule has 150 valence electrons. The smallest absolute Gasteiger partial charge is 0.411 e. The molecule has 3 aliphatic heterocycles. The highest BCUT2D eigenvalue weighted by atomic mass is 28.4. The lowest BCUT2D eigenvalue weighted by atomic mass is 9.87. The largest absolute Gasteiger partial charge is 0.546 e. The third-order valence-electron chi connectivity index (χ3n) is 5.86. The van der Waals surface area contributed by atoms with Crippen LogP contribution in [0, 0.1) is 0 Å². The summed E-state index contributed by atoms with van der Waals surface area (Å²) in [5, 5.41) is 0.00497. The predicted molar refractivity (Wildman–Crippen MR) is 105 cm³/mol. The first kappa shape index (κ1) is 20.0. The minimum Gasteiger partial charge on any atom is -0.546 e. The third kappa shape index (κ3) is 3.20. The van der Waals surface area contributed by atoms with Crippen molar-refractivity contribution in [3.63, 3.8) is 0 Å². The minimum atomic E-state index is -2.13. The highest BCUT2D eigenvalue weighted by molar-refractivity contribution is 6.74. The van der Waals surface area contributed by atoms with Crippen LogP contribution in [0.3, 0.4) is 0 Å². The van der Waals surface area contributed by atoms with Crippen molar-refractivity contribution >= 4 is 20.4 Å². The molecule has 0 saturated carbocycles. The molecule has 0 unspecified atom stereocenters. The number of rotatable bonds is 2. The van der Waals surface area contributed by atoms with E-state index < -0.39 is 31.5 Å². The molecule has 2 bridgehead atoms. The number of amides is 1. The Kier molecular flexibility index (Phi) is 4.34. The number of cyclic esters (lactones) is 1. The van der Waals surface area contributed by atoms with Crippen LogP contribution in [0.5, 0.6) is 0 Å². The van der Waals surface area contributed by atoms with E-state index in [9.17, 15) is 9.59 Å². The van der Waals surface area contributed by atoms with E-state index in [2.05, 4.69) is 33.9 Å². The molecule has 0 aromatic carbocycles. The van der Waals surface area contributed by atoms with Gasteiger partial charge in [0.1, 0.15) is 23.3 Å². The highest BCUT2D eigenvalue weighted by Gasteiger charge is 2.61. The second kappa shape index (κ2) is 5.87. The van der Waals surface area contributed by atoms with Gasteiger partial charge in [-0.15, -0.1) is 0 Å². The second-order valence-electron chi connectivity index (χ2n) is 10.1. The Bertz CT molecular complexity index is 740. The zero-order valence-corrected chi connectivity index (χ0v) is 18.6. The van der Waals surface area contributed by atoms with Crippen molar-refractivity contribution in [2.45, 2.75) is 83.3 Å². The van der Waals surface area contributed by atoms with Gasteiger partial charge in [0.25, 0.3) is 0 Å². The van der Waals surface area contributed by atoms with E-state index in [1.165, 1.54) is 0 Å². The van der Waals surface area contributed by atoms with Crippen LogP contribution in [-0.2, 0) is 18.7 Å². The number of fused-ring (bicyclic) bond motifs is 1. The summed E-state index contributed by atoms with van der Waals surface area (Å²) in [5.41, 5.74) is -1.07. The molecular formula is C20H31NO5Si. The molecule has 3 rings (SSSR count). The summed E-state index contributed by atoms with van der Waals surface area (Å²) >= 11 is 0. The van der Waals surface area contributed by atoms with Crippen LogP contribution in [0.15, 0.2) is 23.5 Å². The fourth-order valence-electron chi connectivity index (χ4n) is 3.52. The molecule has 1 saturated heterocycles. The van der Waals surface area contributed by atoms with Gasteiger partial charge in [0.2, 0.25) is 8.32 Å². The Balaban J connectivity index is 2.01. The van der Waals surface area contributed by atoms with E-state index in [0.717, 1.165) is 0 Å². The van der Waals surface area contributed by atoms with Gasteiger partial charge in [0.05, 0.1) is 11.8 Å². The maximum Gasteiger partial charge on any atom is 0.411 e. The minimum absolute atomic E-state index is 0.00497. The zero-order chi connectivity index (χ0) is 20.4. The maximum absolute atomic E-state index is 12.9. The third-order valence-corrected chi connectivity index (χ3v) is 10.2. The van der Waals surface area contributed by atoms with Gasteiger partial charge in [-0.1, -0.05) is 32.9 Å². The van der Waals surface area contributed by atoms with Gasteiger partial charge in [-0.2, -0.15) is 0 Å². The molecule has 1 spiro atoms. The molecule has 7 heteroatoms. The Morgan fingerprint density at radius 3 is 2.44 bits per heavy atom. The van der Waals surface area contributed by atoms with E-state index in [1.54, 1.807) is 4.90 Å². The first-order valence-electron chi connectivity index (χ1n) is 9.49. The van der Waals surface area contributed by atoms with Crippen molar-refractivity contribution < 1.29 is 23.5 Å². The summed E-state index contributed by atoms with van der Waals surface area (Å²) in [6, 6.07) is -0.196. The molecule has 6 nitrogen and oxygen atoms in total. The van der Waals surface area contributed by atoms with Crippen molar-refractivity contribution in [3.8, 4) is 0 Å². The molecule has 0 N–H and O–H groups in total. The van der Waals surface area contributed by atoms with Crippen molar-refractivity contribution in [3.05, 3.63) is 23.5 Å². The van der Waals surface area contributed by atoms with Crippen LogP contribution in [0.1, 0.15) is 48.0 Å². The SMILES string of the molecule is CC(C)(C)OC(=O)N1[C@H]2C=C[C@@]13COC(=O)C3=C(O[Si](C)(C)C(C)(C)C)C2. The Morgan fingerprint density at radius 1 is 1.26 bits per heavy atom. The van der Waals surface area contributed by atoms with Gasteiger partial charge in [-0.05, 0) is 38.9 Å². The molecule has 1 amide bonds. The monoisotopic (exact) mass is 393 g/mol. The average molecular weight is 394 g/mol. The molecule has 0 aromatic rings. The van der Waals surface area contributed by atoms with Crippen molar-refractivity contribution in [2.75, 3.05) is 6.61 Å². The summed E-state index contributed by atoms with van der Waals surface area (Å²) < 4.78 is 17.5. The van der Waals surface area contributed by atoms with Crippen LogP contribution in [-0.4, -0.2) is 49.1 Å². The number of ether oxygens (including phenoxy) is 2. The highest BCUT2D eigenvalue weighted by Crippen LogP contribution is 2.49. The van der Waals surface area contributed by atoms with E-state index in [4.69, 9.17) is 13.9 Å². The van der Waals surface area contributed by atoms with E-state index in [0.29, 0.717) is 17.8 Å². The van der Waals surface area contributed by atoms with Crippen LogP contribution in [0.4, 0.5) is 4.79 Å². The molecule has 0 aromatic heterocycles. The molecule has 1 fully saturated rings. The van der Waals surface area contributed by atoms with Crippen molar-refractivity contribution in [1.29, 1.82) is 0 Å². The fraction of sp³-hybridized carbons (Fsp3) is 0.700. The fourth-order valence-corrected chi connectivity index (χ4v) is 4.63. The molecule has 0 aliphatic carbocycles. The molecule has 3 heterocycles. The number of hydrogen-bond acceptors (Lipinski definition) is 5. The Hall–Kier alpha value is -1.76. The normalized spacial score (nSPS) is 27.6. The molecular weight excluding hydrogens is 362 g/mol. The van der Waals surface area contributed by atoms with Crippen LogP contribution < -0.4 is 0 Å². The number of esters is 1. The van der Waals surface area contributed by atoms with Gasteiger partial charge >= 0.3 is 12.1 Å². The van der Waals surface area contributed by atoms with Crippen LogP contribution in [0.2, 0.25) is 18.1 Å². The summed E-state index contributed by atoms with van der Waals surface area (Å²) in [7, 11) is -2.13. The Morgan fingerprint density at radius 2 is 1.89 bits per heavy atom. The molecule has 2 atom stereocenters. The van der Waals surface area contributed by atoms with Gasteiger partial charge in [-0.25, -0.2) is 9.59 Å². The van der Waals surface area contributed by atoms with E-state index >= 15 is 0 Å². The molecule has 0 radical (unpaired) electrons. The molecule has 3 aliphatic rings. The summed E-state index contributed by atoms with van der Waals surface area (Å²) in [6.07, 6.45) is 3.91. The quantitative estimate of drug-likeness (QED) is 0.401.